The van der Waals surface area contributed by atoms with E-state index in [1.807, 2.05) is 0 Å². The molecule has 0 fully saturated rings. The van der Waals surface area contributed by atoms with Gasteiger partial charge < -0.3 is 24.8 Å². The number of rotatable bonds is 4. The molecule has 4 aromatic carbocycles. The fourth-order valence-electron chi connectivity index (χ4n) is 7.34. The minimum absolute atomic E-state index is 0. The second kappa shape index (κ2) is 13.7. The van der Waals surface area contributed by atoms with Crippen LogP contribution < -0.4 is 24.8 Å². The first-order chi connectivity index (χ1) is 20.8. The molecule has 2 aliphatic rings. The van der Waals surface area contributed by atoms with Gasteiger partial charge in [-0.2, -0.15) is 0 Å². The fourth-order valence-corrected chi connectivity index (χ4v) is 11.8. The molecule has 0 spiro atoms. The summed E-state index contributed by atoms with van der Waals surface area (Å²) in [4.78, 5) is 0. The first kappa shape index (κ1) is 36.5. The predicted octanol–water partition coefficient (Wildman–Crippen LogP) is 5.47. The summed E-state index contributed by atoms with van der Waals surface area (Å²) >= 11 is -1.27. The number of allylic oxidation sites excluding steroid dienone is 4. The Bertz CT molecular complexity index is 1800. The maximum Gasteiger partial charge on any atom is -1.00 e. The number of hydrogen-bond acceptors (Lipinski definition) is 0. The van der Waals surface area contributed by atoms with Crippen molar-refractivity contribution in [2.75, 3.05) is 0 Å². The zero-order chi connectivity index (χ0) is 31.6. The Kier molecular flexibility index (Phi) is 10.9. The van der Waals surface area contributed by atoms with E-state index in [0.717, 1.165) is 0 Å². The van der Waals surface area contributed by atoms with Gasteiger partial charge in [-0.05, 0) is 0 Å². The second-order valence-corrected chi connectivity index (χ2v) is 18.4. The average Bonchev–Trinajstić information content (AvgIpc) is 3.41. The van der Waals surface area contributed by atoms with Crippen molar-refractivity contribution in [3.8, 4) is 11.1 Å². The van der Waals surface area contributed by atoms with Gasteiger partial charge in [0, 0.05) is 0 Å². The molecule has 0 N–H and O–H groups in total. The summed E-state index contributed by atoms with van der Waals surface area (Å²) in [7, 11) is 0. The molecule has 0 saturated carbocycles. The quantitative estimate of drug-likeness (QED) is 0.262. The van der Waals surface area contributed by atoms with Crippen LogP contribution in [-0.2, 0) is 33.6 Å². The fraction of sp³-hybridized carbons (Fsp3) is 0.326. The third-order valence-corrected chi connectivity index (χ3v) is 14.5. The van der Waals surface area contributed by atoms with Crippen LogP contribution in [-0.4, -0.2) is 3.21 Å². The Balaban J connectivity index is 0.00000240. The molecule has 0 saturated heterocycles. The van der Waals surface area contributed by atoms with E-state index in [4.69, 9.17) is 0 Å². The van der Waals surface area contributed by atoms with Crippen molar-refractivity contribution in [1.29, 1.82) is 0 Å². The Labute approximate surface area is 301 Å². The van der Waals surface area contributed by atoms with Crippen molar-refractivity contribution >= 4 is 8.78 Å². The third-order valence-electron chi connectivity index (χ3n) is 10.2. The zero-order valence-corrected chi connectivity index (χ0v) is 33.0. The second-order valence-electron chi connectivity index (χ2n) is 15.0. The summed E-state index contributed by atoms with van der Waals surface area (Å²) in [6.45, 7) is 23.8. The molecule has 6 rings (SSSR count). The Morgan fingerprint density at radius 1 is 0.630 bits per heavy atom. The molecule has 2 atom stereocenters. The minimum Gasteiger partial charge on any atom is -1.00 e. The molecule has 46 heavy (non-hydrogen) atoms. The van der Waals surface area contributed by atoms with E-state index in [1.165, 1.54) is 50.1 Å². The first-order valence-electron chi connectivity index (χ1n) is 16.2. The van der Waals surface area contributed by atoms with Gasteiger partial charge in [0.1, 0.15) is 0 Å². The molecule has 0 aliphatic heterocycles. The predicted molar refractivity (Wildman–Crippen MR) is 187 cm³/mol. The molecule has 0 aromatic heterocycles. The standard InChI is InChI=1S/C30H37.C13H10.2ClH.Zr/c1-17-18(2)20(4)27(19(17)3)28-25-16-21-15-22(29(5,6)7)11-12-23(21)24(25)13-14-26(28)30(8,9)10;1-3-7-12(8-4-1)11-13-9-5-2-6-10-13;;;/h11-16,19H,1-10H3;1-10H;2*1H;/q;;;;+2/p-2. The Morgan fingerprint density at radius 2 is 1.17 bits per heavy atom. The van der Waals surface area contributed by atoms with Crippen LogP contribution in [0.2, 0.25) is 0 Å². The molecule has 2 unspecified atom stereocenters. The number of halogens is 2. The maximum atomic E-state index is 2.59. The van der Waals surface area contributed by atoms with Gasteiger partial charge in [-0.25, -0.2) is 0 Å². The Morgan fingerprint density at radius 3 is 1.65 bits per heavy atom. The van der Waals surface area contributed by atoms with E-state index in [9.17, 15) is 0 Å². The molecule has 0 nitrogen and oxygen atoms in total. The smallest absolute Gasteiger partial charge is 1.00 e. The summed E-state index contributed by atoms with van der Waals surface area (Å²) in [5, 5.41) is 0. The van der Waals surface area contributed by atoms with Crippen molar-refractivity contribution in [2.24, 2.45) is 5.92 Å². The van der Waals surface area contributed by atoms with Gasteiger partial charge in [0.15, 0.2) is 0 Å². The Hall–Kier alpha value is -2.31. The molecular formula is C43H47Cl2Zr. The SMILES string of the molecule is CC1=C(C)C(C)C(c2c(C(C)(C)C)ccc3c2[CH]([Zr+2]=[C](c2ccccc2)c2ccccc2)c2cc(C(C)(C)C)ccc2-3)=C1C.[Cl-].[Cl-]. The van der Waals surface area contributed by atoms with E-state index in [0.29, 0.717) is 9.54 Å². The van der Waals surface area contributed by atoms with Crippen molar-refractivity contribution in [1.82, 2.24) is 0 Å². The zero-order valence-electron chi connectivity index (χ0n) is 29.1. The molecule has 0 amide bonds. The van der Waals surface area contributed by atoms with Gasteiger partial charge in [-0.1, -0.05) is 0 Å². The molecule has 0 bridgehead atoms. The van der Waals surface area contributed by atoms with Gasteiger partial charge in [-0.3, -0.25) is 0 Å². The summed E-state index contributed by atoms with van der Waals surface area (Å²) in [6.07, 6.45) is 0. The van der Waals surface area contributed by atoms with E-state index < -0.39 is 22.8 Å². The number of benzene rings is 4. The molecule has 237 valence electrons. The van der Waals surface area contributed by atoms with Crippen LogP contribution >= 0.6 is 0 Å². The number of fused-ring (bicyclic) bond motifs is 3. The van der Waals surface area contributed by atoms with Gasteiger partial charge in [-0.15, -0.1) is 0 Å². The van der Waals surface area contributed by atoms with Crippen LogP contribution in [0.5, 0.6) is 0 Å². The maximum absolute atomic E-state index is 2.59. The van der Waals surface area contributed by atoms with Gasteiger partial charge in [0.25, 0.3) is 0 Å². The minimum atomic E-state index is -1.27. The van der Waals surface area contributed by atoms with Gasteiger partial charge in [0.05, 0.1) is 0 Å². The normalized spacial score (nSPS) is 17.2. The van der Waals surface area contributed by atoms with E-state index in [2.05, 4.69) is 160 Å². The topological polar surface area (TPSA) is 0 Å². The van der Waals surface area contributed by atoms with E-state index in [1.54, 1.807) is 25.5 Å². The summed E-state index contributed by atoms with van der Waals surface area (Å²) in [6, 6.07) is 34.8. The summed E-state index contributed by atoms with van der Waals surface area (Å²) < 4.78 is 2.01. The van der Waals surface area contributed by atoms with Crippen molar-refractivity contribution in [3.05, 3.63) is 147 Å². The number of hydrogen-bond donors (Lipinski definition) is 0. The van der Waals surface area contributed by atoms with E-state index >= 15 is 0 Å². The van der Waals surface area contributed by atoms with Gasteiger partial charge in [0.2, 0.25) is 0 Å². The largest absolute Gasteiger partial charge is 1.00 e. The van der Waals surface area contributed by atoms with Crippen molar-refractivity contribution < 1.29 is 47.6 Å². The summed E-state index contributed by atoms with van der Waals surface area (Å²) in [5.41, 5.74) is 19.5. The molecular weight excluding hydrogens is 679 g/mol. The average molecular weight is 726 g/mol. The van der Waals surface area contributed by atoms with Crippen molar-refractivity contribution in [2.45, 2.75) is 83.7 Å². The van der Waals surface area contributed by atoms with Crippen LogP contribution in [0.3, 0.4) is 0 Å². The first-order valence-corrected chi connectivity index (χ1v) is 18.9. The van der Waals surface area contributed by atoms with Gasteiger partial charge >= 0.3 is 279 Å². The van der Waals surface area contributed by atoms with Crippen molar-refractivity contribution in [3.63, 3.8) is 0 Å². The monoisotopic (exact) mass is 723 g/mol. The summed E-state index contributed by atoms with van der Waals surface area (Å²) in [5.74, 6) is 0.425. The molecule has 0 radical (unpaired) electrons. The third kappa shape index (κ3) is 6.42. The van der Waals surface area contributed by atoms with Crippen LogP contribution in [0, 0.1) is 5.92 Å². The van der Waals surface area contributed by atoms with Crippen LogP contribution in [0.25, 0.3) is 16.7 Å². The van der Waals surface area contributed by atoms with Crippen LogP contribution in [0.4, 0.5) is 0 Å². The molecule has 3 heteroatoms. The molecule has 0 heterocycles. The van der Waals surface area contributed by atoms with Crippen LogP contribution in [0.15, 0.2) is 108 Å². The molecule has 2 aliphatic carbocycles. The van der Waals surface area contributed by atoms with E-state index in [-0.39, 0.29) is 35.6 Å². The molecule has 4 aromatic rings. The van der Waals surface area contributed by atoms with Crippen LogP contribution in [0.1, 0.15) is 112 Å².